The molecule has 6 nitrogen and oxygen atoms in total. The zero-order valence-electron chi connectivity index (χ0n) is 10.3. The number of hydrogen-bond donors (Lipinski definition) is 5. The van der Waals surface area contributed by atoms with Gasteiger partial charge < -0.3 is 25.5 Å². The summed E-state index contributed by atoms with van der Waals surface area (Å²) in [6, 6.07) is 0. The van der Waals surface area contributed by atoms with Crippen molar-refractivity contribution in [3.05, 3.63) is 0 Å². The molecule has 0 aliphatic heterocycles. The highest BCUT2D eigenvalue weighted by Crippen LogP contribution is 2.11. The molecule has 6 heteroatoms. The van der Waals surface area contributed by atoms with E-state index in [1.807, 2.05) is 0 Å². The predicted octanol–water partition coefficient (Wildman–Crippen LogP) is -0.407. The van der Waals surface area contributed by atoms with Gasteiger partial charge in [-0.05, 0) is 6.42 Å². The van der Waals surface area contributed by atoms with Crippen molar-refractivity contribution in [2.24, 2.45) is 5.41 Å². The molecule has 0 amide bonds. The fourth-order valence-electron chi connectivity index (χ4n) is 0.826. The molecule has 5 N–H and O–H groups in total. The number of aliphatic hydroxyl groups excluding tert-OH is 4. The van der Waals surface area contributed by atoms with Crippen LogP contribution in [0.3, 0.4) is 0 Å². The van der Waals surface area contributed by atoms with E-state index in [-0.39, 0.29) is 0 Å². The SMILES string of the molecule is CCCCCC(=O)O.OCC(CO)(CO)CO. The van der Waals surface area contributed by atoms with E-state index in [0.29, 0.717) is 6.42 Å². The Labute approximate surface area is 102 Å². The molecule has 104 valence electrons. The molecule has 0 bridgehead atoms. The summed E-state index contributed by atoms with van der Waals surface area (Å²) in [6.07, 6.45) is 3.28. The number of carboxylic acids is 1. The molecular formula is C11H24O6. The molecule has 0 aromatic rings. The number of hydrogen-bond acceptors (Lipinski definition) is 5. The van der Waals surface area contributed by atoms with Crippen molar-refractivity contribution in [2.75, 3.05) is 26.4 Å². The van der Waals surface area contributed by atoms with Crippen molar-refractivity contribution in [3.63, 3.8) is 0 Å². The molecule has 0 fully saturated rings. The first-order valence-corrected chi connectivity index (χ1v) is 5.67. The maximum atomic E-state index is 9.87. The molecule has 0 aromatic heterocycles. The highest BCUT2D eigenvalue weighted by Gasteiger charge is 2.26. The number of rotatable bonds is 8. The minimum Gasteiger partial charge on any atom is -0.481 e. The normalized spacial score (nSPS) is 10.6. The van der Waals surface area contributed by atoms with Gasteiger partial charge in [0.25, 0.3) is 0 Å². The third-order valence-corrected chi connectivity index (χ3v) is 2.34. The Morgan fingerprint density at radius 2 is 1.35 bits per heavy atom. The fourth-order valence-corrected chi connectivity index (χ4v) is 0.826. The fraction of sp³-hybridized carbons (Fsp3) is 0.909. The molecule has 0 saturated heterocycles. The Morgan fingerprint density at radius 3 is 1.53 bits per heavy atom. The maximum absolute atomic E-state index is 9.87. The molecule has 0 radical (unpaired) electrons. The molecule has 0 aliphatic carbocycles. The molecule has 0 aliphatic rings. The van der Waals surface area contributed by atoms with Gasteiger partial charge in [-0.3, -0.25) is 4.79 Å². The van der Waals surface area contributed by atoms with Crippen molar-refractivity contribution < 1.29 is 30.3 Å². The van der Waals surface area contributed by atoms with Crippen LogP contribution in [0.4, 0.5) is 0 Å². The average Bonchev–Trinajstić information content (AvgIpc) is 2.34. The minimum absolute atomic E-state index is 0.327. The van der Waals surface area contributed by atoms with Crippen LogP contribution in [0.25, 0.3) is 0 Å². The van der Waals surface area contributed by atoms with E-state index in [1.54, 1.807) is 0 Å². The lowest BCUT2D eigenvalue weighted by atomic mass is 9.93. The summed E-state index contributed by atoms with van der Waals surface area (Å²) in [5.41, 5.74) is -1.11. The number of carboxylic acid groups (broad SMARTS) is 1. The molecular weight excluding hydrogens is 228 g/mol. The van der Waals surface area contributed by atoms with Gasteiger partial charge in [0.1, 0.15) is 0 Å². The quantitative estimate of drug-likeness (QED) is 0.375. The van der Waals surface area contributed by atoms with Gasteiger partial charge in [-0.25, -0.2) is 0 Å². The monoisotopic (exact) mass is 252 g/mol. The molecule has 0 unspecified atom stereocenters. The van der Waals surface area contributed by atoms with E-state index in [4.69, 9.17) is 25.5 Å². The highest BCUT2D eigenvalue weighted by molar-refractivity contribution is 5.66. The Kier molecular flexibility index (Phi) is 12.9. The average molecular weight is 252 g/mol. The van der Waals surface area contributed by atoms with Crippen LogP contribution in [0.2, 0.25) is 0 Å². The van der Waals surface area contributed by atoms with Gasteiger partial charge in [0.15, 0.2) is 0 Å². The predicted molar refractivity (Wildman–Crippen MR) is 62.6 cm³/mol. The molecule has 0 aromatic carbocycles. The van der Waals surface area contributed by atoms with E-state index in [2.05, 4.69) is 6.92 Å². The highest BCUT2D eigenvalue weighted by atomic mass is 16.4. The Balaban J connectivity index is 0. The van der Waals surface area contributed by atoms with Crippen LogP contribution < -0.4 is 0 Å². The second-order valence-electron chi connectivity index (χ2n) is 3.98. The largest absolute Gasteiger partial charge is 0.481 e. The first-order chi connectivity index (χ1) is 8.01. The lowest BCUT2D eigenvalue weighted by molar-refractivity contribution is -0.137. The van der Waals surface area contributed by atoms with Crippen molar-refractivity contribution >= 4 is 5.97 Å². The Morgan fingerprint density at radius 1 is 0.941 bits per heavy atom. The Hall–Kier alpha value is -0.690. The summed E-state index contributed by atoms with van der Waals surface area (Å²) in [5, 5.41) is 42.1. The van der Waals surface area contributed by atoms with E-state index in [1.165, 1.54) is 0 Å². The number of unbranched alkanes of at least 4 members (excludes halogenated alkanes) is 2. The molecule has 0 rings (SSSR count). The van der Waals surface area contributed by atoms with Crippen LogP contribution in [-0.2, 0) is 4.79 Å². The van der Waals surface area contributed by atoms with Gasteiger partial charge in [-0.2, -0.15) is 0 Å². The maximum Gasteiger partial charge on any atom is 0.303 e. The third kappa shape index (κ3) is 10.2. The molecule has 0 spiro atoms. The summed E-state index contributed by atoms with van der Waals surface area (Å²) in [5.74, 6) is -0.682. The van der Waals surface area contributed by atoms with E-state index in [0.717, 1.165) is 19.3 Å². The summed E-state index contributed by atoms with van der Waals surface area (Å²) in [7, 11) is 0. The standard InChI is InChI=1S/C6H12O2.C5H12O4/c1-2-3-4-5-6(7)8;6-1-5(2-7,3-8)4-9/h2-5H2,1H3,(H,7,8);6-9H,1-4H2. The van der Waals surface area contributed by atoms with E-state index in [9.17, 15) is 4.79 Å². The summed E-state index contributed by atoms with van der Waals surface area (Å²) < 4.78 is 0. The van der Waals surface area contributed by atoms with E-state index >= 15 is 0 Å². The molecule has 0 atom stereocenters. The van der Waals surface area contributed by atoms with Crippen molar-refractivity contribution in [1.82, 2.24) is 0 Å². The van der Waals surface area contributed by atoms with Crippen molar-refractivity contribution in [1.29, 1.82) is 0 Å². The first-order valence-electron chi connectivity index (χ1n) is 5.67. The lowest BCUT2D eigenvalue weighted by Gasteiger charge is -2.23. The van der Waals surface area contributed by atoms with Gasteiger partial charge in [-0.15, -0.1) is 0 Å². The van der Waals surface area contributed by atoms with Crippen LogP contribution in [0.15, 0.2) is 0 Å². The summed E-state index contributed by atoms with van der Waals surface area (Å²) >= 11 is 0. The van der Waals surface area contributed by atoms with Gasteiger partial charge in [0.2, 0.25) is 0 Å². The lowest BCUT2D eigenvalue weighted by Crippen LogP contribution is -2.37. The van der Waals surface area contributed by atoms with Gasteiger partial charge in [0, 0.05) is 6.42 Å². The summed E-state index contributed by atoms with van der Waals surface area (Å²) in [6.45, 7) is 0.432. The van der Waals surface area contributed by atoms with Crippen LogP contribution in [0, 0.1) is 5.41 Å². The minimum atomic E-state index is -1.11. The van der Waals surface area contributed by atoms with Crippen molar-refractivity contribution in [3.8, 4) is 0 Å². The number of aliphatic carboxylic acids is 1. The number of aliphatic hydroxyl groups is 4. The molecule has 17 heavy (non-hydrogen) atoms. The van der Waals surface area contributed by atoms with Gasteiger partial charge in [0.05, 0.1) is 31.8 Å². The number of carbonyl (C=O) groups is 1. The smallest absolute Gasteiger partial charge is 0.303 e. The molecule has 0 saturated carbocycles. The summed E-state index contributed by atoms with van der Waals surface area (Å²) in [4.78, 5) is 9.87. The van der Waals surface area contributed by atoms with E-state index < -0.39 is 37.8 Å². The second-order valence-corrected chi connectivity index (χ2v) is 3.98. The van der Waals surface area contributed by atoms with Crippen LogP contribution >= 0.6 is 0 Å². The molecule has 0 heterocycles. The van der Waals surface area contributed by atoms with Crippen LogP contribution in [0.5, 0.6) is 0 Å². The second kappa shape index (κ2) is 11.8. The van der Waals surface area contributed by atoms with Crippen LogP contribution in [-0.4, -0.2) is 57.9 Å². The third-order valence-electron chi connectivity index (χ3n) is 2.34. The Bertz CT molecular complexity index is 161. The van der Waals surface area contributed by atoms with Gasteiger partial charge >= 0.3 is 5.97 Å². The first kappa shape index (κ1) is 18.7. The zero-order chi connectivity index (χ0) is 13.7. The zero-order valence-corrected chi connectivity index (χ0v) is 10.3. The van der Waals surface area contributed by atoms with Crippen molar-refractivity contribution in [2.45, 2.75) is 32.6 Å². The van der Waals surface area contributed by atoms with Gasteiger partial charge in [-0.1, -0.05) is 19.8 Å². The van der Waals surface area contributed by atoms with Crippen LogP contribution in [0.1, 0.15) is 32.6 Å². The topological polar surface area (TPSA) is 118 Å².